The zero-order valence-corrected chi connectivity index (χ0v) is 17.7. The molecule has 0 aromatic heterocycles. The van der Waals surface area contributed by atoms with E-state index in [1.807, 2.05) is 6.08 Å². The first-order chi connectivity index (χ1) is 15.8. The van der Waals surface area contributed by atoms with E-state index < -0.39 is 29.2 Å². The van der Waals surface area contributed by atoms with Gasteiger partial charge in [0.05, 0.1) is 6.54 Å². The van der Waals surface area contributed by atoms with Gasteiger partial charge in [-0.1, -0.05) is 36.4 Å². The third-order valence-electron chi connectivity index (χ3n) is 6.25. The number of rotatable bonds is 4. The van der Waals surface area contributed by atoms with Crippen LogP contribution in [-0.2, 0) is 16.9 Å². The van der Waals surface area contributed by atoms with Crippen LogP contribution in [0.1, 0.15) is 34.0 Å². The molecule has 0 radical (unpaired) electrons. The zero-order chi connectivity index (χ0) is 23.3. The van der Waals surface area contributed by atoms with Crippen molar-refractivity contribution in [1.82, 2.24) is 20.6 Å². The number of hydrogen-bond acceptors (Lipinski definition) is 5. The molecule has 0 aliphatic carbocycles. The van der Waals surface area contributed by atoms with E-state index in [1.54, 1.807) is 43.3 Å². The Kier molecular flexibility index (Phi) is 4.79. The number of carbonyl (C=O) groups is 3. The molecular weight excluding hydrogens is 427 g/mol. The van der Waals surface area contributed by atoms with E-state index >= 15 is 0 Å². The van der Waals surface area contributed by atoms with Gasteiger partial charge in [0, 0.05) is 18.2 Å². The summed E-state index contributed by atoms with van der Waals surface area (Å²) in [5, 5.41) is 17.4. The predicted molar refractivity (Wildman–Crippen MR) is 118 cm³/mol. The molecule has 2 aromatic rings. The largest absolute Gasteiger partial charge is 0.758 e. The van der Waals surface area contributed by atoms with Gasteiger partial charge in [0.25, 0.3) is 11.8 Å². The molecule has 1 unspecified atom stereocenters. The second-order valence-electron chi connectivity index (χ2n) is 8.39. The van der Waals surface area contributed by atoms with Crippen LogP contribution in [0.5, 0.6) is 0 Å². The van der Waals surface area contributed by atoms with E-state index in [4.69, 9.17) is 0 Å². The standard InChI is InChI=1S/C24H20FN4O4/c1-14-10-16(8-9-29(14)33)15-2-5-18(6-3-15)24(22(31)26-23(32)27-24)13-28-12-17-4-7-19(25)11-20(17)21(28)30/h2-11,14H,12-13H2,1H3,(H2,26,27,31,32)/q-1/t14?,24-/m0/s1. The lowest BCUT2D eigenvalue weighted by Crippen LogP contribution is -2.52. The Morgan fingerprint density at radius 1 is 1.15 bits per heavy atom. The van der Waals surface area contributed by atoms with Crippen LogP contribution < -0.4 is 10.6 Å². The molecule has 1 saturated heterocycles. The molecule has 0 bridgehead atoms. The average molecular weight is 447 g/mol. The number of carbonyl (C=O) groups excluding carboxylic acids is 3. The quantitative estimate of drug-likeness (QED) is 0.701. The highest BCUT2D eigenvalue weighted by Crippen LogP contribution is 2.32. The molecule has 33 heavy (non-hydrogen) atoms. The fraction of sp³-hybridized carbons (Fsp3) is 0.208. The summed E-state index contributed by atoms with van der Waals surface area (Å²) in [5.41, 5.74) is 1.64. The van der Waals surface area contributed by atoms with Gasteiger partial charge in [-0.15, -0.1) is 0 Å². The zero-order valence-electron chi connectivity index (χ0n) is 17.7. The lowest BCUT2D eigenvalue weighted by Gasteiger charge is -2.35. The third-order valence-corrected chi connectivity index (χ3v) is 6.25. The molecule has 4 amide bonds. The summed E-state index contributed by atoms with van der Waals surface area (Å²) < 4.78 is 13.6. The summed E-state index contributed by atoms with van der Waals surface area (Å²) >= 11 is 0. The fourth-order valence-electron chi connectivity index (χ4n) is 4.46. The molecule has 3 heterocycles. The number of urea groups is 1. The van der Waals surface area contributed by atoms with Crippen molar-refractivity contribution in [2.75, 3.05) is 6.54 Å². The lowest BCUT2D eigenvalue weighted by atomic mass is 9.87. The molecule has 3 aliphatic rings. The van der Waals surface area contributed by atoms with Crippen molar-refractivity contribution in [1.29, 1.82) is 0 Å². The number of hydrogen-bond donors (Lipinski definition) is 2. The first-order valence-corrected chi connectivity index (χ1v) is 10.4. The molecule has 0 spiro atoms. The Bertz CT molecular complexity index is 1240. The number of nitrogens with one attached hydrogen (secondary N) is 2. The number of fused-ring (bicyclic) bond motifs is 1. The van der Waals surface area contributed by atoms with Crippen LogP contribution in [0.25, 0.3) is 5.57 Å². The van der Waals surface area contributed by atoms with E-state index in [1.165, 1.54) is 23.2 Å². The summed E-state index contributed by atoms with van der Waals surface area (Å²) in [7, 11) is 0. The van der Waals surface area contributed by atoms with Gasteiger partial charge in [0.1, 0.15) is 5.82 Å². The third kappa shape index (κ3) is 3.46. The summed E-state index contributed by atoms with van der Waals surface area (Å²) in [6.07, 6.45) is 5.00. The molecule has 1 fully saturated rings. The van der Waals surface area contributed by atoms with Crippen molar-refractivity contribution in [3.63, 3.8) is 0 Å². The Hall–Kier alpha value is -3.98. The normalized spacial score (nSPS) is 24.0. The number of halogens is 1. The molecule has 8 nitrogen and oxygen atoms in total. The minimum Gasteiger partial charge on any atom is -0.758 e. The van der Waals surface area contributed by atoms with Crippen LogP contribution in [0, 0.1) is 11.0 Å². The number of allylic oxidation sites excluding steroid dienone is 2. The SMILES string of the molecule is CC1C=C(c2ccc([C@]3(CN4Cc5ccc(F)cc5C4=O)NC(=O)NC3=O)cc2)C=CN1[O-]. The number of nitrogens with zero attached hydrogens (tertiary/aromatic N) is 2. The van der Waals surface area contributed by atoms with Crippen molar-refractivity contribution in [2.45, 2.75) is 25.0 Å². The molecular formula is C24H20FN4O4-. The van der Waals surface area contributed by atoms with E-state index in [0.717, 1.165) is 16.2 Å². The topological polar surface area (TPSA) is 105 Å². The van der Waals surface area contributed by atoms with Crippen molar-refractivity contribution < 1.29 is 18.8 Å². The van der Waals surface area contributed by atoms with Crippen LogP contribution in [0.3, 0.4) is 0 Å². The second-order valence-corrected chi connectivity index (χ2v) is 8.39. The lowest BCUT2D eigenvalue weighted by molar-refractivity contribution is -0.124. The maximum atomic E-state index is 13.6. The first kappa shape index (κ1) is 20.9. The Labute approximate surface area is 188 Å². The maximum absolute atomic E-state index is 13.6. The Morgan fingerprint density at radius 3 is 2.58 bits per heavy atom. The molecule has 5 rings (SSSR count). The summed E-state index contributed by atoms with van der Waals surface area (Å²) in [5.74, 6) is -1.48. The van der Waals surface area contributed by atoms with Gasteiger partial charge in [0.15, 0.2) is 5.54 Å². The van der Waals surface area contributed by atoms with E-state index in [2.05, 4.69) is 10.6 Å². The first-order valence-electron chi connectivity index (χ1n) is 10.4. The van der Waals surface area contributed by atoms with Gasteiger partial charge < -0.3 is 20.5 Å². The molecule has 0 saturated carbocycles. The smallest absolute Gasteiger partial charge is 0.322 e. The van der Waals surface area contributed by atoms with E-state index in [9.17, 15) is 24.0 Å². The molecule has 9 heteroatoms. The van der Waals surface area contributed by atoms with Gasteiger partial charge in [-0.25, -0.2) is 9.18 Å². The number of benzene rings is 2. The van der Waals surface area contributed by atoms with Crippen LogP contribution >= 0.6 is 0 Å². The molecule has 2 N–H and O–H groups in total. The van der Waals surface area contributed by atoms with Crippen LogP contribution in [0.2, 0.25) is 0 Å². The van der Waals surface area contributed by atoms with Crippen molar-refractivity contribution in [3.05, 3.63) is 94.1 Å². The van der Waals surface area contributed by atoms with Crippen LogP contribution in [0.4, 0.5) is 9.18 Å². The average Bonchev–Trinajstić information content (AvgIpc) is 3.25. The molecule has 3 aliphatic heterocycles. The summed E-state index contributed by atoms with van der Waals surface area (Å²) in [4.78, 5) is 39.3. The summed E-state index contributed by atoms with van der Waals surface area (Å²) in [6.45, 7) is 1.89. The molecule has 2 atom stereocenters. The van der Waals surface area contributed by atoms with E-state index in [0.29, 0.717) is 11.1 Å². The van der Waals surface area contributed by atoms with Gasteiger partial charge in [-0.2, -0.15) is 0 Å². The van der Waals surface area contributed by atoms with Crippen molar-refractivity contribution >= 4 is 23.4 Å². The van der Waals surface area contributed by atoms with Gasteiger partial charge in [0.2, 0.25) is 0 Å². The Balaban J connectivity index is 1.46. The van der Waals surface area contributed by atoms with Crippen LogP contribution in [0.15, 0.2) is 60.8 Å². The van der Waals surface area contributed by atoms with Crippen molar-refractivity contribution in [2.24, 2.45) is 0 Å². The van der Waals surface area contributed by atoms with E-state index in [-0.39, 0.29) is 24.7 Å². The number of amides is 4. The summed E-state index contributed by atoms with van der Waals surface area (Å²) in [6, 6.07) is 10.1. The highest BCUT2D eigenvalue weighted by Gasteiger charge is 2.50. The van der Waals surface area contributed by atoms with Gasteiger partial charge in [-0.3, -0.25) is 14.9 Å². The van der Waals surface area contributed by atoms with Gasteiger partial charge in [-0.05, 0) is 53.6 Å². The molecule has 2 aromatic carbocycles. The van der Waals surface area contributed by atoms with Crippen LogP contribution in [-0.4, -0.2) is 40.4 Å². The number of imide groups is 1. The molecule has 168 valence electrons. The highest BCUT2D eigenvalue weighted by atomic mass is 19.1. The monoisotopic (exact) mass is 447 g/mol. The second kappa shape index (κ2) is 7.56. The highest BCUT2D eigenvalue weighted by molar-refractivity contribution is 6.08. The van der Waals surface area contributed by atoms with Crippen molar-refractivity contribution in [3.8, 4) is 0 Å². The maximum Gasteiger partial charge on any atom is 0.322 e. The predicted octanol–water partition coefficient (Wildman–Crippen LogP) is 2.62. The fourth-order valence-corrected chi connectivity index (χ4v) is 4.46. The number of hydroxylamine groups is 2. The minimum absolute atomic E-state index is 0.107. The minimum atomic E-state index is -1.48. The van der Waals surface area contributed by atoms with Gasteiger partial charge >= 0.3 is 6.03 Å². The Morgan fingerprint density at radius 2 is 1.91 bits per heavy atom.